The lowest BCUT2D eigenvalue weighted by molar-refractivity contribution is -0.300. The zero-order valence-electron chi connectivity index (χ0n) is 13.1. The van der Waals surface area contributed by atoms with Crippen molar-refractivity contribution in [2.24, 2.45) is 0 Å². The Labute approximate surface area is 121 Å². The second kappa shape index (κ2) is 6.55. The molecule has 114 valence electrons. The van der Waals surface area contributed by atoms with Gasteiger partial charge in [0.05, 0.1) is 24.7 Å². The lowest BCUT2D eigenvalue weighted by Crippen LogP contribution is -2.45. The Kier molecular flexibility index (Phi) is 5.55. The summed E-state index contributed by atoms with van der Waals surface area (Å²) in [5.74, 6) is -0.996. The Hall–Kier alpha value is -1.12. The van der Waals surface area contributed by atoms with Crippen LogP contribution in [0.15, 0.2) is 0 Å². The molecule has 1 fully saturated rings. The largest absolute Gasteiger partial charge is 0.460 e. The Morgan fingerprint density at radius 2 is 1.95 bits per heavy atom. The summed E-state index contributed by atoms with van der Waals surface area (Å²) in [7, 11) is 0. The fraction of sp³-hybridized carbons (Fsp3) is 0.867. The lowest BCUT2D eigenvalue weighted by Gasteiger charge is -2.40. The average molecular weight is 283 g/mol. The Bertz CT molecular complexity index is 378. The molecule has 5 nitrogen and oxygen atoms in total. The van der Waals surface area contributed by atoms with Gasteiger partial charge in [0.1, 0.15) is 5.60 Å². The third-order valence-electron chi connectivity index (χ3n) is 2.82. The number of hydrogen-bond acceptors (Lipinski definition) is 5. The monoisotopic (exact) mass is 283 g/mol. The van der Waals surface area contributed by atoms with E-state index < -0.39 is 11.4 Å². The van der Waals surface area contributed by atoms with Gasteiger partial charge in [-0.25, -0.2) is 0 Å². The highest BCUT2D eigenvalue weighted by molar-refractivity contribution is 5.70. The van der Waals surface area contributed by atoms with Crippen LogP contribution < -0.4 is 0 Å². The first-order valence-corrected chi connectivity index (χ1v) is 7.06. The first kappa shape index (κ1) is 16.9. The number of rotatable bonds is 4. The maximum Gasteiger partial charge on any atom is 0.308 e. The van der Waals surface area contributed by atoms with E-state index in [1.165, 1.54) is 0 Å². The Balaban J connectivity index is 2.56. The molecule has 0 saturated carbocycles. The second-order valence-electron chi connectivity index (χ2n) is 6.60. The molecule has 2 atom stereocenters. The molecule has 0 aromatic carbocycles. The van der Waals surface area contributed by atoms with Crippen LogP contribution in [0.25, 0.3) is 0 Å². The molecule has 0 aliphatic carbocycles. The van der Waals surface area contributed by atoms with Crippen molar-refractivity contribution >= 4 is 5.97 Å². The fourth-order valence-electron chi connectivity index (χ4n) is 2.32. The van der Waals surface area contributed by atoms with E-state index in [1.807, 2.05) is 34.6 Å². The highest BCUT2D eigenvalue weighted by Gasteiger charge is 2.36. The van der Waals surface area contributed by atoms with E-state index >= 15 is 0 Å². The molecule has 0 bridgehead atoms. The van der Waals surface area contributed by atoms with Crippen LogP contribution in [0.5, 0.6) is 0 Å². The minimum Gasteiger partial charge on any atom is -0.460 e. The molecule has 5 heteroatoms. The van der Waals surface area contributed by atoms with Crippen LogP contribution in [0.2, 0.25) is 0 Å². The van der Waals surface area contributed by atoms with Crippen molar-refractivity contribution in [2.75, 3.05) is 0 Å². The molecule has 0 aromatic rings. The Morgan fingerprint density at radius 3 is 2.50 bits per heavy atom. The van der Waals surface area contributed by atoms with Gasteiger partial charge in [-0.2, -0.15) is 5.26 Å². The molecule has 1 saturated heterocycles. The van der Waals surface area contributed by atoms with E-state index in [4.69, 9.17) is 19.5 Å². The molecule has 0 spiro atoms. The zero-order chi connectivity index (χ0) is 15.4. The number of carbonyl (C=O) groups excluding carboxylic acids is 1. The third kappa shape index (κ3) is 6.36. The van der Waals surface area contributed by atoms with Crippen molar-refractivity contribution in [3.05, 3.63) is 0 Å². The molecular weight excluding hydrogens is 258 g/mol. The van der Waals surface area contributed by atoms with Gasteiger partial charge in [0.15, 0.2) is 5.79 Å². The van der Waals surface area contributed by atoms with Gasteiger partial charge >= 0.3 is 5.97 Å². The van der Waals surface area contributed by atoms with Crippen LogP contribution in [0.3, 0.4) is 0 Å². The van der Waals surface area contributed by atoms with Crippen LogP contribution in [0.1, 0.15) is 60.3 Å². The van der Waals surface area contributed by atoms with Crippen molar-refractivity contribution in [2.45, 2.75) is 83.9 Å². The quantitative estimate of drug-likeness (QED) is 0.742. The zero-order valence-corrected chi connectivity index (χ0v) is 13.1. The molecule has 0 amide bonds. The lowest BCUT2D eigenvalue weighted by atomic mass is 10.0. The smallest absolute Gasteiger partial charge is 0.308 e. The van der Waals surface area contributed by atoms with Gasteiger partial charge in [-0.05, 0) is 41.0 Å². The molecule has 1 aliphatic heterocycles. The molecule has 0 N–H and O–H groups in total. The minimum atomic E-state index is -0.731. The number of nitriles is 1. The van der Waals surface area contributed by atoms with Gasteiger partial charge < -0.3 is 14.2 Å². The van der Waals surface area contributed by atoms with Crippen LogP contribution in [0.4, 0.5) is 0 Å². The molecular formula is C15H25NO4. The molecule has 0 aromatic heterocycles. The van der Waals surface area contributed by atoms with Crippen LogP contribution in [-0.2, 0) is 19.0 Å². The summed E-state index contributed by atoms with van der Waals surface area (Å²) in [5, 5.41) is 8.66. The minimum absolute atomic E-state index is 0.0502. The number of hydrogen-bond donors (Lipinski definition) is 0. The number of ether oxygens (including phenoxy) is 3. The van der Waals surface area contributed by atoms with Crippen molar-refractivity contribution in [1.29, 1.82) is 5.26 Å². The summed E-state index contributed by atoms with van der Waals surface area (Å²) in [4.78, 5) is 11.9. The standard InChI is InChI=1S/C15H25NO4/c1-14(2,3)20-13(17)10-12-9-11(7-6-8-16)18-15(4,5)19-12/h11-12H,6-7,9-10H2,1-5H3/t11-,12-/m1/s1. The summed E-state index contributed by atoms with van der Waals surface area (Å²) < 4.78 is 16.8. The fourth-order valence-corrected chi connectivity index (χ4v) is 2.32. The highest BCUT2D eigenvalue weighted by Crippen LogP contribution is 2.30. The van der Waals surface area contributed by atoms with E-state index in [0.717, 1.165) is 0 Å². The maximum absolute atomic E-state index is 11.9. The molecule has 20 heavy (non-hydrogen) atoms. The van der Waals surface area contributed by atoms with Gasteiger partial charge in [0, 0.05) is 12.8 Å². The van der Waals surface area contributed by atoms with E-state index in [1.54, 1.807) is 0 Å². The normalized spacial score (nSPS) is 25.8. The van der Waals surface area contributed by atoms with Crippen molar-refractivity contribution in [1.82, 2.24) is 0 Å². The Morgan fingerprint density at radius 1 is 1.35 bits per heavy atom. The van der Waals surface area contributed by atoms with Crippen molar-refractivity contribution in [3.63, 3.8) is 0 Å². The molecule has 1 rings (SSSR count). The molecule has 1 heterocycles. The SMILES string of the molecule is CC(C)(C)OC(=O)C[C@H]1C[C@@H](CCC#N)OC(C)(C)O1. The summed E-state index contributed by atoms with van der Waals surface area (Å²) in [6.45, 7) is 9.18. The van der Waals surface area contributed by atoms with Gasteiger partial charge in [0.2, 0.25) is 0 Å². The second-order valence-corrected chi connectivity index (χ2v) is 6.60. The van der Waals surface area contributed by atoms with Crippen LogP contribution in [0, 0.1) is 11.3 Å². The van der Waals surface area contributed by atoms with E-state index in [2.05, 4.69) is 6.07 Å². The predicted octanol–water partition coefficient (Wildman–Crippen LogP) is 2.93. The van der Waals surface area contributed by atoms with Gasteiger partial charge in [0.25, 0.3) is 0 Å². The van der Waals surface area contributed by atoms with E-state index in [0.29, 0.717) is 19.3 Å². The summed E-state index contributed by atoms with van der Waals surface area (Å²) in [5.41, 5.74) is -0.488. The average Bonchev–Trinajstić information content (AvgIpc) is 2.21. The summed E-state index contributed by atoms with van der Waals surface area (Å²) in [6, 6.07) is 2.12. The summed E-state index contributed by atoms with van der Waals surface area (Å²) in [6.07, 6.45) is 1.66. The third-order valence-corrected chi connectivity index (χ3v) is 2.82. The number of esters is 1. The van der Waals surface area contributed by atoms with Gasteiger partial charge in [-0.3, -0.25) is 4.79 Å². The molecule has 0 unspecified atom stereocenters. The van der Waals surface area contributed by atoms with Crippen LogP contribution >= 0.6 is 0 Å². The molecule has 1 aliphatic rings. The van der Waals surface area contributed by atoms with E-state index in [9.17, 15) is 4.79 Å². The number of carbonyl (C=O) groups is 1. The van der Waals surface area contributed by atoms with Crippen molar-refractivity contribution < 1.29 is 19.0 Å². The first-order valence-electron chi connectivity index (χ1n) is 7.06. The summed E-state index contributed by atoms with van der Waals surface area (Å²) >= 11 is 0. The first-order chi connectivity index (χ1) is 9.11. The van der Waals surface area contributed by atoms with Gasteiger partial charge in [-0.1, -0.05) is 0 Å². The number of nitrogens with zero attached hydrogens (tertiary/aromatic N) is 1. The molecule has 0 radical (unpaired) electrons. The van der Waals surface area contributed by atoms with Crippen LogP contribution in [-0.4, -0.2) is 29.6 Å². The predicted molar refractivity (Wildman–Crippen MR) is 73.8 cm³/mol. The maximum atomic E-state index is 11.9. The topological polar surface area (TPSA) is 68.6 Å². The highest BCUT2D eigenvalue weighted by atomic mass is 16.7. The van der Waals surface area contributed by atoms with Gasteiger partial charge in [-0.15, -0.1) is 0 Å². The van der Waals surface area contributed by atoms with Crippen molar-refractivity contribution in [3.8, 4) is 6.07 Å². The van der Waals surface area contributed by atoms with E-state index in [-0.39, 0.29) is 24.6 Å².